The first kappa shape index (κ1) is 44.7. The van der Waals surface area contributed by atoms with Crippen LogP contribution in [0.25, 0.3) is 0 Å². The van der Waals surface area contributed by atoms with Crippen molar-refractivity contribution in [2.45, 2.75) is 0 Å². The number of halogens is 20. The van der Waals surface area contributed by atoms with Crippen LogP contribution in [0.5, 0.6) is 0 Å². The van der Waals surface area contributed by atoms with Crippen LogP contribution >= 0.6 is 0 Å². The molecule has 3 N–H and O–H groups in total. The van der Waals surface area contributed by atoms with Crippen molar-refractivity contribution in [3.8, 4) is 0 Å². The molecule has 1 nitrogen and oxygen atoms in total. The molecule has 0 amide bonds. The van der Waals surface area contributed by atoms with Crippen molar-refractivity contribution >= 4 is 53.2 Å². The van der Waals surface area contributed by atoms with Gasteiger partial charge in [0.1, 0.15) is 31.4 Å². The van der Waals surface area contributed by atoms with E-state index in [-0.39, 0.29) is 6.15 Å². The summed E-state index contributed by atoms with van der Waals surface area (Å²) < 4.78 is 246. The fraction of sp³-hybridized carbons (Fsp3) is 0. The van der Waals surface area contributed by atoms with Gasteiger partial charge in [-0.05, 0) is 21.9 Å². The van der Waals surface area contributed by atoms with Gasteiger partial charge in [-0.15, -0.1) is 0 Å². The van der Waals surface area contributed by atoms with Crippen LogP contribution in [0.3, 0.4) is 0 Å². The molecule has 0 saturated heterocycles. The summed E-state index contributed by atoms with van der Waals surface area (Å²) in [6, 6.07) is 0. The standard InChI is InChI=1S/4C6H2BF5.H3N/c4*7-1-2(8)4(10)6(12)5(11)3(1)9;/h4*7H2;1H3. The highest BCUT2D eigenvalue weighted by Crippen LogP contribution is 2.17. The molecule has 4 aromatic rings. The lowest BCUT2D eigenvalue weighted by Gasteiger charge is -2.02. The zero-order valence-electron chi connectivity index (χ0n) is 24.3. The summed E-state index contributed by atoms with van der Waals surface area (Å²) in [5.41, 5.74) is -3.48. The van der Waals surface area contributed by atoms with Crippen LogP contribution in [0.4, 0.5) is 87.8 Å². The SMILES string of the molecule is Bc1c(F)c(F)c(F)c(F)c1F.Bc1c(F)c(F)c(F)c(F)c1F.Bc1c(F)c(F)c(F)c(F)c1F.Bc1c(F)c(F)c(F)c(F)c1F.N. The molecule has 0 aliphatic rings. The van der Waals surface area contributed by atoms with Gasteiger partial charge in [-0.2, -0.15) is 0 Å². The Morgan fingerprint density at radius 2 is 0.224 bits per heavy atom. The zero-order valence-corrected chi connectivity index (χ0v) is 24.3. The maximum Gasteiger partial charge on any atom is 0.200 e. The second-order valence-corrected chi connectivity index (χ2v) is 8.78. The lowest BCUT2D eigenvalue weighted by molar-refractivity contribution is 0.384. The number of hydrogen-bond donors (Lipinski definition) is 1. The molecule has 0 radical (unpaired) electrons. The number of benzene rings is 4. The molecule has 0 fully saturated rings. The Morgan fingerprint density at radius 1 is 0.163 bits per heavy atom. The highest BCUT2D eigenvalue weighted by molar-refractivity contribution is 6.33. The monoisotopic (exact) mass is 737 g/mol. The summed E-state index contributed by atoms with van der Waals surface area (Å²) in [6.07, 6.45) is 0. The summed E-state index contributed by atoms with van der Waals surface area (Å²) in [5.74, 6) is -38.1. The summed E-state index contributed by atoms with van der Waals surface area (Å²) in [4.78, 5) is 0. The largest absolute Gasteiger partial charge is 0.344 e. The average Bonchev–Trinajstić information content (AvgIpc) is 3.08. The Morgan fingerprint density at radius 3 is 0.306 bits per heavy atom. The zero-order chi connectivity index (χ0) is 37.9. The van der Waals surface area contributed by atoms with E-state index < -0.39 is 138 Å². The molecule has 0 bridgehead atoms. The average molecular weight is 737 g/mol. The molecular weight excluding hydrogens is 725 g/mol. The van der Waals surface area contributed by atoms with E-state index in [1.807, 2.05) is 0 Å². The van der Waals surface area contributed by atoms with E-state index in [9.17, 15) is 87.8 Å². The van der Waals surface area contributed by atoms with Crippen LogP contribution in [0.2, 0.25) is 0 Å². The quantitative estimate of drug-likeness (QED) is 0.128. The predicted octanol–water partition coefficient (Wildman–Crippen LogP) is 2.72. The topological polar surface area (TPSA) is 35.0 Å². The summed E-state index contributed by atoms with van der Waals surface area (Å²) in [5, 5.41) is 0. The van der Waals surface area contributed by atoms with Gasteiger partial charge in [0.15, 0.2) is 116 Å². The van der Waals surface area contributed by atoms with Crippen molar-refractivity contribution < 1.29 is 87.8 Å². The van der Waals surface area contributed by atoms with Gasteiger partial charge in [-0.1, -0.05) is 0 Å². The van der Waals surface area contributed by atoms with E-state index in [0.717, 1.165) is 31.4 Å². The fourth-order valence-corrected chi connectivity index (χ4v) is 2.86. The normalized spacial score (nSPS) is 10.2. The van der Waals surface area contributed by atoms with Crippen molar-refractivity contribution in [3.63, 3.8) is 0 Å². The molecular formula is C24H11B4F20N. The van der Waals surface area contributed by atoms with Crippen LogP contribution in [0.1, 0.15) is 0 Å². The molecule has 4 rings (SSSR count). The molecule has 0 aliphatic carbocycles. The van der Waals surface area contributed by atoms with Crippen LogP contribution in [0, 0.1) is 116 Å². The molecule has 0 heterocycles. The lowest BCUT2D eigenvalue weighted by atomic mass is 9.94. The predicted molar refractivity (Wildman–Crippen MR) is 143 cm³/mol. The van der Waals surface area contributed by atoms with E-state index in [4.69, 9.17) is 0 Å². The molecule has 0 atom stereocenters. The van der Waals surface area contributed by atoms with Crippen LogP contribution in [-0.2, 0) is 0 Å². The Hall–Kier alpha value is -4.30. The van der Waals surface area contributed by atoms with Crippen LogP contribution < -0.4 is 28.0 Å². The van der Waals surface area contributed by atoms with E-state index in [2.05, 4.69) is 0 Å². The van der Waals surface area contributed by atoms with E-state index >= 15 is 0 Å². The first-order valence-electron chi connectivity index (χ1n) is 11.8. The molecule has 0 unspecified atom stereocenters. The number of rotatable bonds is 0. The van der Waals surface area contributed by atoms with E-state index in [1.165, 1.54) is 0 Å². The Bertz CT molecular complexity index is 1200. The molecule has 0 spiro atoms. The third-order valence-corrected chi connectivity index (χ3v) is 5.72. The van der Waals surface area contributed by atoms with E-state index in [0.29, 0.717) is 0 Å². The Labute approximate surface area is 264 Å². The summed E-state index contributed by atoms with van der Waals surface area (Å²) >= 11 is 0. The van der Waals surface area contributed by atoms with Gasteiger partial charge in [0, 0.05) is 0 Å². The van der Waals surface area contributed by atoms with Gasteiger partial charge < -0.3 is 6.15 Å². The Balaban J connectivity index is 0.000000623. The first-order chi connectivity index (χ1) is 21.9. The highest BCUT2D eigenvalue weighted by atomic mass is 19.2. The summed E-state index contributed by atoms with van der Waals surface area (Å²) in [7, 11) is 3.26. The minimum atomic E-state index is -2.13. The maximum atomic E-state index is 12.4. The van der Waals surface area contributed by atoms with Gasteiger partial charge in [0.05, 0.1) is 0 Å². The third-order valence-electron chi connectivity index (χ3n) is 5.72. The Kier molecular flexibility index (Phi) is 15.9. The molecule has 264 valence electrons. The molecule has 49 heavy (non-hydrogen) atoms. The van der Waals surface area contributed by atoms with Crippen molar-refractivity contribution in [3.05, 3.63) is 116 Å². The van der Waals surface area contributed by atoms with Crippen molar-refractivity contribution in [2.24, 2.45) is 0 Å². The van der Waals surface area contributed by atoms with Crippen molar-refractivity contribution in [1.29, 1.82) is 0 Å². The van der Waals surface area contributed by atoms with Crippen molar-refractivity contribution in [1.82, 2.24) is 6.15 Å². The number of hydrogen-bond acceptors (Lipinski definition) is 1. The van der Waals surface area contributed by atoms with Crippen LogP contribution in [-0.4, -0.2) is 31.4 Å². The molecule has 0 saturated carbocycles. The van der Waals surface area contributed by atoms with Gasteiger partial charge in [-0.3, -0.25) is 0 Å². The lowest BCUT2D eigenvalue weighted by Crippen LogP contribution is -2.20. The second kappa shape index (κ2) is 17.4. The van der Waals surface area contributed by atoms with Gasteiger partial charge >= 0.3 is 0 Å². The van der Waals surface area contributed by atoms with Gasteiger partial charge in [0.2, 0.25) is 0 Å². The minimum Gasteiger partial charge on any atom is -0.344 e. The summed E-state index contributed by atoms with van der Waals surface area (Å²) in [6.45, 7) is 0. The van der Waals surface area contributed by atoms with Gasteiger partial charge in [-0.25, -0.2) is 87.8 Å². The fourth-order valence-electron chi connectivity index (χ4n) is 2.86. The second-order valence-electron chi connectivity index (χ2n) is 8.78. The van der Waals surface area contributed by atoms with Crippen molar-refractivity contribution in [2.75, 3.05) is 0 Å². The molecule has 0 aromatic heterocycles. The smallest absolute Gasteiger partial charge is 0.200 e. The van der Waals surface area contributed by atoms with Gasteiger partial charge in [0.25, 0.3) is 0 Å². The highest BCUT2D eigenvalue weighted by Gasteiger charge is 2.25. The molecule has 25 heteroatoms. The van der Waals surface area contributed by atoms with E-state index in [1.54, 1.807) is 0 Å². The van der Waals surface area contributed by atoms with Crippen LogP contribution in [0.15, 0.2) is 0 Å². The molecule has 4 aromatic carbocycles. The maximum absolute atomic E-state index is 12.4. The molecule has 0 aliphatic heterocycles. The minimum absolute atomic E-state index is 0. The third kappa shape index (κ3) is 9.04. The first-order valence-corrected chi connectivity index (χ1v) is 11.8.